The zero-order valence-electron chi connectivity index (χ0n) is 17.0. The summed E-state index contributed by atoms with van der Waals surface area (Å²) in [5.41, 5.74) is 0.0515. The molecule has 9 nitrogen and oxygen atoms in total. The molecule has 0 aromatic carbocycles. The van der Waals surface area contributed by atoms with Gasteiger partial charge in [0.2, 0.25) is 11.9 Å². The normalized spacial score (nSPS) is 11.3. The van der Waals surface area contributed by atoms with Crippen molar-refractivity contribution in [3.63, 3.8) is 0 Å². The van der Waals surface area contributed by atoms with Crippen LogP contribution in [0.4, 0.5) is 15.1 Å². The second kappa shape index (κ2) is 13.2. The van der Waals surface area contributed by atoms with Gasteiger partial charge in [0.15, 0.2) is 0 Å². The van der Waals surface area contributed by atoms with Gasteiger partial charge in [0.1, 0.15) is 5.60 Å². The van der Waals surface area contributed by atoms with Gasteiger partial charge in [0.05, 0.1) is 39.6 Å². The van der Waals surface area contributed by atoms with E-state index >= 15 is 0 Å². The van der Waals surface area contributed by atoms with Crippen molar-refractivity contribution in [1.29, 1.82) is 0 Å². The first-order valence-corrected chi connectivity index (χ1v) is 9.21. The predicted molar refractivity (Wildman–Crippen MR) is 102 cm³/mol. The molecule has 1 heterocycles. The number of hydrogen-bond donors (Lipinski definition) is 2. The fourth-order valence-corrected chi connectivity index (χ4v) is 1.93. The highest BCUT2D eigenvalue weighted by Gasteiger charge is 2.15. The van der Waals surface area contributed by atoms with Crippen molar-refractivity contribution in [3.05, 3.63) is 17.7 Å². The van der Waals surface area contributed by atoms with E-state index in [0.29, 0.717) is 58.4 Å². The molecule has 1 amide bonds. The standard InChI is InChI=1S/C18H31FN4O5/c1-14-13-15(19)23-16(22-14)20-5-7-25-9-11-27-12-10-26-8-6-21-17(24)28-18(2,3)4/h13H,5-12H2,1-4H3,(H,21,24)(H,20,22,23). The van der Waals surface area contributed by atoms with Crippen LogP contribution in [0.1, 0.15) is 26.5 Å². The lowest BCUT2D eigenvalue weighted by molar-refractivity contribution is 0.0157. The van der Waals surface area contributed by atoms with Crippen LogP contribution in [0.25, 0.3) is 0 Å². The zero-order chi connectivity index (χ0) is 20.8. The van der Waals surface area contributed by atoms with Gasteiger partial charge >= 0.3 is 6.09 Å². The van der Waals surface area contributed by atoms with E-state index < -0.39 is 17.6 Å². The van der Waals surface area contributed by atoms with Crippen molar-refractivity contribution in [1.82, 2.24) is 15.3 Å². The molecule has 0 saturated heterocycles. The van der Waals surface area contributed by atoms with Gasteiger partial charge in [-0.05, 0) is 27.7 Å². The molecule has 1 rings (SSSR count). The number of carbonyl (C=O) groups excluding carboxylic acids is 1. The lowest BCUT2D eigenvalue weighted by Crippen LogP contribution is -2.34. The van der Waals surface area contributed by atoms with Crippen LogP contribution >= 0.6 is 0 Å². The third-order valence-electron chi connectivity index (χ3n) is 3.01. The van der Waals surface area contributed by atoms with E-state index in [1.807, 2.05) is 0 Å². The van der Waals surface area contributed by atoms with Crippen molar-refractivity contribution >= 4 is 12.0 Å². The number of halogens is 1. The second-order valence-corrected chi connectivity index (χ2v) is 6.85. The Balaban J connectivity index is 1.86. The molecule has 160 valence electrons. The van der Waals surface area contributed by atoms with E-state index in [1.165, 1.54) is 6.07 Å². The fourth-order valence-electron chi connectivity index (χ4n) is 1.93. The van der Waals surface area contributed by atoms with Crippen molar-refractivity contribution in [2.75, 3.05) is 58.0 Å². The Bertz CT molecular complexity index is 563. The predicted octanol–water partition coefficient (Wildman–Crippen LogP) is 1.91. The van der Waals surface area contributed by atoms with E-state index in [9.17, 15) is 9.18 Å². The second-order valence-electron chi connectivity index (χ2n) is 6.85. The molecule has 2 N–H and O–H groups in total. The number of amides is 1. The number of rotatable bonds is 13. The highest BCUT2D eigenvalue weighted by molar-refractivity contribution is 5.67. The minimum absolute atomic E-state index is 0.246. The smallest absolute Gasteiger partial charge is 0.407 e. The third kappa shape index (κ3) is 13.2. The molecule has 0 spiro atoms. The van der Waals surface area contributed by atoms with Crippen LogP contribution < -0.4 is 10.6 Å². The Morgan fingerprint density at radius 3 is 2.14 bits per heavy atom. The van der Waals surface area contributed by atoms with E-state index in [0.717, 1.165) is 0 Å². The molecule has 0 aliphatic carbocycles. The summed E-state index contributed by atoms with van der Waals surface area (Å²) < 4.78 is 34.3. The van der Waals surface area contributed by atoms with Crippen LogP contribution in [-0.4, -0.2) is 74.4 Å². The van der Waals surface area contributed by atoms with Crippen molar-refractivity contribution in [2.24, 2.45) is 0 Å². The molecule has 0 aliphatic heterocycles. The Morgan fingerprint density at radius 1 is 1.00 bits per heavy atom. The lowest BCUT2D eigenvalue weighted by Gasteiger charge is -2.19. The van der Waals surface area contributed by atoms with Gasteiger partial charge in [-0.1, -0.05) is 0 Å². The molecule has 1 aromatic rings. The Kier molecular flexibility index (Phi) is 11.3. The lowest BCUT2D eigenvalue weighted by atomic mass is 10.2. The number of ether oxygens (including phenoxy) is 4. The number of nitrogens with one attached hydrogen (secondary N) is 2. The van der Waals surface area contributed by atoms with Gasteiger partial charge in [0.25, 0.3) is 0 Å². The van der Waals surface area contributed by atoms with Crippen LogP contribution in [0.2, 0.25) is 0 Å². The van der Waals surface area contributed by atoms with E-state index in [4.69, 9.17) is 18.9 Å². The van der Waals surface area contributed by atoms with Crippen LogP contribution in [0.15, 0.2) is 6.07 Å². The van der Waals surface area contributed by atoms with Crippen LogP contribution in [-0.2, 0) is 18.9 Å². The monoisotopic (exact) mass is 402 g/mol. The molecule has 0 radical (unpaired) electrons. The maximum absolute atomic E-state index is 13.1. The Hall–Kier alpha value is -2.04. The summed E-state index contributed by atoms with van der Waals surface area (Å²) in [5.74, 6) is -0.317. The number of aromatic nitrogens is 2. The summed E-state index contributed by atoms with van der Waals surface area (Å²) in [5, 5.41) is 5.50. The molecule has 0 saturated carbocycles. The molecule has 28 heavy (non-hydrogen) atoms. The summed E-state index contributed by atoms with van der Waals surface area (Å²) in [4.78, 5) is 19.1. The molecule has 1 aromatic heterocycles. The molecular weight excluding hydrogens is 371 g/mol. The number of alkyl carbamates (subject to hydrolysis) is 1. The summed E-state index contributed by atoms with van der Waals surface area (Å²) >= 11 is 0. The Labute approximate surface area is 165 Å². The number of aryl methyl sites for hydroxylation is 1. The van der Waals surface area contributed by atoms with E-state index in [-0.39, 0.29) is 5.95 Å². The number of nitrogens with zero attached hydrogens (tertiary/aromatic N) is 2. The number of hydrogen-bond acceptors (Lipinski definition) is 8. The third-order valence-corrected chi connectivity index (χ3v) is 3.01. The van der Waals surface area contributed by atoms with Gasteiger partial charge in [0, 0.05) is 24.8 Å². The van der Waals surface area contributed by atoms with Gasteiger partial charge in [-0.2, -0.15) is 9.37 Å². The highest BCUT2D eigenvalue weighted by atomic mass is 19.1. The number of anilines is 1. The topological polar surface area (TPSA) is 104 Å². The SMILES string of the molecule is Cc1cc(F)nc(NCCOCCOCCOCCNC(=O)OC(C)(C)C)n1. The van der Waals surface area contributed by atoms with Gasteiger partial charge in [-0.15, -0.1) is 0 Å². The molecule has 0 aliphatic rings. The maximum atomic E-state index is 13.1. The van der Waals surface area contributed by atoms with Crippen molar-refractivity contribution in [2.45, 2.75) is 33.3 Å². The van der Waals surface area contributed by atoms with Crippen molar-refractivity contribution in [3.8, 4) is 0 Å². The van der Waals surface area contributed by atoms with E-state index in [2.05, 4.69) is 20.6 Å². The van der Waals surface area contributed by atoms with E-state index in [1.54, 1.807) is 27.7 Å². The maximum Gasteiger partial charge on any atom is 0.407 e. The summed E-state index contributed by atoms with van der Waals surface area (Å²) in [6.45, 7) is 10.5. The first-order chi connectivity index (χ1) is 13.3. The molecule has 0 fully saturated rings. The average Bonchev–Trinajstić information content (AvgIpc) is 2.56. The van der Waals surface area contributed by atoms with Crippen LogP contribution in [0.5, 0.6) is 0 Å². The van der Waals surface area contributed by atoms with Gasteiger partial charge in [-0.3, -0.25) is 0 Å². The largest absolute Gasteiger partial charge is 0.444 e. The van der Waals surface area contributed by atoms with Gasteiger partial charge < -0.3 is 29.6 Å². The quantitative estimate of drug-likeness (QED) is 0.381. The molecule has 10 heteroatoms. The first kappa shape index (κ1) is 24.0. The molecule has 0 atom stereocenters. The number of carbonyl (C=O) groups is 1. The van der Waals surface area contributed by atoms with Gasteiger partial charge in [-0.25, -0.2) is 9.78 Å². The minimum atomic E-state index is -0.563. The fraction of sp³-hybridized carbons (Fsp3) is 0.722. The summed E-state index contributed by atoms with van der Waals surface area (Å²) in [7, 11) is 0. The first-order valence-electron chi connectivity index (χ1n) is 9.21. The Morgan fingerprint density at radius 2 is 1.57 bits per heavy atom. The summed E-state index contributed by atoms with van der Waals surface area (Å²) in [6.07, 6.45) is -0.460. The zero-order valence-corrected chi connectivity index (χ0v) is 17.0. The van der Waals surface area contributed by atoms with Crippen molar-refractivity contribution < 1.29 is 28.1 Å². The minimum Gasteiger partial charge on any atom is -0.444 e. The summed E-state index contributed by atoms with van der Waals surface area (Å²) in [6, 6.07) is 1.26. The van der Waals surface area contributed by atoms with Crippen LogP contribution in [0.3, 0.4) is 0 Å². The molecular formula is C18H31FN4O5. The molecule has 0 bridgehead atoms. The van der Waals surface area contributed by atoms with Crippen LogP contribution in [0, 0.1) is 12.9 Å². The highest BCUT2D eigenvalue weighted by Crippen LogP contribution is 2.06. The molecule has 0 unspecified atom stereocenters. The average molecular weight is 402 g/mol.